The van der Waals surface area contributed by atoms with Crippen LogP contribution in [-0.4, -0.2) is 40.8 Å². The summed E-state index contributed by atoms with van der Waals surface area (Å²) >= 11 is 0. The van der Waals surface area contributed by atoms with Crippen molar-refractivity contribution in [3.8, 4) is 11.1 Å². The van der Waals surface area contributed by atoms with Gasteiger partial charge in [0.2, 0.25) is 0 Å². The van der Waals surface area contributed by atoms with Gasteiger partial charge in [-0.1, -0.05) is 86.0 Å². The van der Waals surface area contributed by atoms with Crippen LogP contribution in [0, 0.1) is 0 Å². The number of urea groups is 1. The maximum atomic E-state index is 13.8. The van der Waals surface area contributed by atoms with Crippen LogP contribution < -0.4 is 15.5 Å². The van der Waals surface area contributed by atoms with Gasteiger partial charge < -0.3 is 20.8 Å². The molecule has 0 saturated heterocycles. The van der Waals surface area contributed by atoms with Crippen molar-refractivity contribution in [3.63, 3.8) is 0 Å². The van der Waals surface area contributed by atoms with E-state index in [9.17, 15) is 19.5 Å². The number of aliphatic carboxylic acids is 1. The first kappa shape index (κ1) is 30.5. The molecule has 4 N–H and O–H groups in total. The molecule has 0 aliphatic heterocycles. The summed E-state index contributed by atoms with van der Waals surface area (Å²) in [7, 11) is 0. The molecule has 0 heterocycles. The van der Waals surface area contributed by atoms with Crippen molar-refractivity contribution in [2.24, 2.45) is 0 Å². The van der Waals surface area contributed by atoms with Gasteiger partial charge >= 0.3 is 12.0 Å². The molecule has 1 aliphatic rings. The highest BCUT2D eigenvalue weighted by Crippen LogP contribution is 2.34. The fourth-order valence-electron chi connectivity index (χ4n) is 5.56. The number of rotatable bonds is 10. The van der Waals surface area contributed by atoms with Crippen LogP contribution in [-0.2, 0) is 11.3 Å². The Bertz CT molecular complexity index is 1570. The Hall–Kier alpha value is -4.95. The number of nitrogens with one attached hydrogen (secondary N) is 2. The molecule has 226 valence electrons. The Morgan fingerprint density at radius 3 is 2.16 bits per heavy atom. The molecule has 4 aromatic rings. The minimum atomic E-state index is -1.68. The third-order valence-electron chi connectivity index (χ3n) is 8.05. The van der Waals surface area contributed by atoms with Gasteiger partial charge in [-0.25, -0.2) is 9.59 Å². The predicted octanol–water partition coefficient (Wildman–Crippen LogP) is 6.82. The second-order valence-corrected chi connectivity index (χ2v) is 11.2. The summed E-state index contributed by atoms with van der Waals surface area (Å²) in [5, 5.41) is 23.7. The zero-order chi connectivity index (χ0) is 30.9. The first-order valence-corrected chi connectivity index (χ1v) is 15.0. The highest BCUT2D eigenvalue weighted by Gasteiger charge is 2.20. The molecule has 1 aliphatic carbocycles. The lowest BCUT2D eigenvalue weighted by molar-refractivity contribution is -0.146. The van der Waals surface area contributed by atoms with Gasteiger partial charge in [0.05, 0.1) is 13.1 Å². The Balaban J connectivity index is 1.35. The molecule has 0 aromatic heterocycles. The number of carboxylic acids is 1. The van der Waals surface area contributed by atoms with E-state index in [4.69, 9.17) is 5.11 Å². The average molecular weight is 592 g/mol. The van der Waals surface area contributed by atoms with E-state index in [0.29, 0.717) is 17.2 Å². The zero-order valence-electron chi connectivity index (χ0n) is 24.5. The molecule has 4 aromatic carbocycles. The smallest absolute Gasteiger partial charge is 0.334 e. The zero-order valence-corrected chi connectivity index (χ0v) is 24.5. The lowest BCUT2D eigenvalue weighted by Crippen LogP contribution is -2.36. The van der Waals surface area contributed by atoms with Gasteiger partial charge in [0.25, 0.3) is 5.91 Å². The Kier molecular flexibility index (Phi) is 10.0. The highest BCUT2D eigenvalue weighted by atomic mass is 16.4. The number of amides is 3. The van der Waals surface area contributed by atoms with Crippen LogP contribution in [0.25, 0.3) is 11.1 Å². The van der Waals surface area contributed by atoms with Crippen molar-refractivity contribution < 1.29 is 24.6 Å². The minimum Gasteiger partial charge on any atom is -0.479 e. The molecule has 3 amide bonds. The molecular weight excluding hydrogens is 554 g/mol. The van der Waals surface area contributed by atoms with E-state index in [-0.39, 0.29) is 12.6 Å². The molecule has 0 spiro atoms. The van der Waals surface area contributed by atoms with Gasteiger partial charge in [-0.05, 0) is 77.4 Å². The SMILES string of the molecule is O=C(NC[C@@H](O)C(=O)O)c1ccc(CN(C(=O)Nc2cccc(-c3ccccc3)c2)c2ccc(C3CCCCC3)cc2)cc1. The standard InChI is InChI=1S/C36H37N3O5/c40-33(35(42)43)23-37-34(41)29-16-14-25(15-17-29)24-39(32-20-18-28(19-21-32)26-8-3-1-4-9-26)36(44)38-31-13-7-12-30(22-31)27-10-5-2-6-11-27/h2,5-7,10-22,26,33,40H,1,3-4,8-9,23-24H2,(H,37,41)(H,38,44)(H,42,43)/t33-/m1/s1. The third kappa shape index (κ3) is 7.90. The van der Waals surface area contributed by atoms with Gasteiger partial charge in [-0.15, -0.1) is 0 Å². The van der Waals surface area contributed by atoms with Gasteiger partial charge in [0.15, 0.2) is 6.10 Å². The molecule has 1 fully saturated rings. The molecule has 44 heavy (non-hydrogen) atoms. The molecule has 1 atom stereocenters. The van der Waals surface area contributed by atoms with Gasteiger partial charge in [0, 0.05) is 16.9 Å². The number of benzene rings is 4. The summed E-state index contributed by atoms with van der Waals surface area (Å²) < 4.78 is 0. The van der Waals surface area contributed by atoms with E-state index < -0.39 is 24.5 Å². The van der Waals surface area contributed by atoms with Crippen molar-refractivity contribution in [1.29, 1.82) is 0 Å². The monoisotopic (exact) mass is 591 g/mol. The summed E-state index contributed by atoms with van der Waals surface area (Å²) in [6.45, 7) is -0.140. The fraction of sp³-hybridized carbons (Fsp3) is 0.250. The second kappa shape index (κ2) is 14.5. The van der Waals surface area contributed by atoms with Gasteiger partial charge in [0.1, 0.15) is 0 Å². The van der Waals surface area contributed by atoms with Crippen molar-refractivity contribution in [2.75, 3.05) is 16.8 Å². The van der Waals surface area contributed by atoms with E-state index in [0.717, 1.165) is 22.4 Å². The number of hydrogen-bond donors (Lipinski definition) is 4. The lowest BCUT2D eigenvalue weighted by Gasteiger charge is -2.26. The van der Waals surface area contributed by atoms with E-state index in [2.05, 4.69) is 22.8 Å². The molecule has 5 rings (SSSR count). The maximum Gasteiger partial charge on any atom is 0.334 e. The second-order valence-electron chi connectivity index (χ2n) is 11.2. The van der Waals surface area contributed by atoms with Crippen LogP contribution in [0.5, 0.6) is 0 Å². The number of anilines is 2. The van der Waals surface area contributed by atoms with Gasteiger partial charge in [-0.3, -0.25) is 9.69 Å². The summed E-state index contributed by atoms with van der Waals surface area (Å²) in [5.74, 6) is -1.35. The third-order valence-corrected chi connectivity index (χ3v) is 8.05. The molecular formula is C36H37N3O5. The van der Waals surface area contributed by atoms with Crippen molar-refractivity contribution in [2.45, 2.75) is 50.7 Å². The van der Waals surface area contributed by atoms with E-state index >= 15 is 0 Å². The molecule has 0 radical (unpaired) electrons. The average Bonchev–Trinajstić information content (AvgIpc) is 3.07. The van der Waals surface area contributed by atoms with Crippen LogP contribution >= 0.6 is 0 Å². The van der Waals surface area contributed by atoms with E-state index in [1.807, 2.05) is 66.7 Å². The first-order valence-electron chi connectivity index (χ1n) is 15.0. The quantitative estimate of drug-likeness (QED) is 0.161. The molecule has 0 bridgehead atoms. The molecule has 0 unspecified atom stereocenters. The topological polar surface area (TPSA) is 119 Å². The van der Waals surface area contributed by atoms with E-state index in [1.165, 1.54) is 37.7 Å². The number of hydrogen-bond acceptors (Lipinski definition) is 4. The van der Waals surface area contributed by atoms with Gasteiger partial charge in [-0.2, -0.15) is 0 Å². The summed E-state index contributed by atoms with van der Waals surface area (Å²) in [6, 6.07) is 32.4. The number of aliphatic hydroxyl groups excluding tert-OH is 1. The number of aliphatic hydroxyl groups is 1. The van der Waals surface area contributed by atoms with Crippen LogP contribution in [0.1, 0.15) is 59.5 Å². The van der Waals surface area contributed by atoms with Crippen molar-refractivity contribution in [1.82, 2.24) is 5.32 Å². The van der Waals surface area contributed by atoms with Crippen LogP contribution in [0.4, 0.5) is 16.2 Å². The normalized spacial score (nSPS) is 13.9. The minimum absolute atomic E-state index is 0.257. The Labute approximate surface area is 257 Å². The van der Waals surface area contributed by atoms with E-state index in [1.54, 1.807) is 29.2 Å². The Morgan fingerprint density at radius 1 is 0.795 bits per heavy atom. The number of carbonyl (C=O) groups excluding carboxylic acids is 2. The summed E-state index contributed by atoms with van der Waals surface area (Å²) in [4.78, 5) is 38.8. The maximum absolute atomic E-state index is 13.8. The predicted molar refractivity (Wildman–Crippen MR) is 172 cm³/mol. The Morgan fingerprint density at radius 2 is 1.48 bits per heavy atom. The number of nitrogens with zero attached hydrogens (tertiary/aromatic N) is 1. The van der Waals surface area contributed by atoms with Crippen LogP contribution in [0.2, 0.25) is 0 Å². The number of carbonyl (C=O) groups is 3. The molecule has 1 saturated carbocycles. The van der Waals surface area contributed by atoms with Crippen LogP contribution in [0.15, 0.2) is 103 Å². The first-order chi connectivity index (χ1) is 21.4. The highest BCUT2D eigenvalue weighted by molar-refractivity contribution is 6.02. The largest absolute Gasteiger partial charge is 0.479 e. The fourth-order valence-corrected chi connectivity index (χ4v) is 5.56. The van der Waals surface area contributed by atoms with Crippen molar-refractivity contribution in [3.05, 3.63) is 120 Å². The number of carboxylic acid groups (broad SMARTS) is 1. The molecule has 8 heteroatoms. The van der Waals surface area contributed by atoms with Crippen molar-refractivity contribution >= 4 is 29.3 Å². The lowest BCUT2D eigenvalue weighted by atomic mass is 9.84. The van der Waals surface area contributed by atoms with Crippen LogP contribution in [0.3, 0.4) is 0 Å². The summed E-state index contributed by atoms with van der Waals surface area (Å²) in [6.07, 6.45) is 4.49. The summed E-state index contributed by atoms with van der Waals surface area (Å²) in [5.41, 5.74) is 5.90. The molecule has 8 nitrogen and oxygen atoms in total.